The zero-order valence-corrected chi connectivity index (χ0v) is 16.7. The normalized spacial score (nSPS) is 11.3. The first-order chi connectivity index (χ1) is 13.0. The van der Waals surface area contributed by atoms with Gasteiger partial charge in [-0.3, -0.25) is 4.79 Å². The Labute approximate surface area is 161 Å². The molecule has 2 aromatic rings. The average Bonchev–Trinajstić information content (AvgIpc) is 3.13. The summed E-state index contributed by atoms with van der Waals surface area (Å²) in [6, 6.07) is 10.0. The molecule has 2 rings (SSSR count). The summed E-state index contributed by atoms with van der Waals surface area (Å²) in [4.78, 5) is 19.9. The van der Waals surface area contributed by atoms with E-state index in [1.54, 1.807) is 19.0 Å². The molecule has 0 radical (unpaired) electrons. The first-order valence-corrected chi connectivity index (χ1v) is 9.29. The molecule has 0 bridgehead atoms. The van der Waals surface area contributed by atoms with E-state index in [-0.39, 0.29) is 12.5 Å². The topological polar surface area (TPSA) is 65.8 Å². The van der Waals surface area contributed by atoms with Gasteiger partial charge in [-0.15, -0.1) is 0 Å². The quantitative estimate of drug-likeness (QED) is 0.439. The second-order valence-electron chi connectivity index (χ2n) is 6.69. The molecular weight excluding hydrogens is 340 g/mol. The lowest BCUT2D eigenvalue weighted by Crippen LogP contribution is -2.40. The molecule has 1 aromatic heterocycles. The number of aliphatic imine (C=N–C) groups is 1. The number of nitrogens with zero attached hydrogens (tertiary/aromatic N) is 5. The monoisotopic (exact) mass is 370 g/mol. The minimum absolute atomic E-state index is 0.0184. The Kier molecular flexibility index (Phi) is 7.85. The smallest absolute Gasteiger partial charge is 0.243 e. The van der Waals surface area contributed by atoms with Gasteiger partial charge in [-0.1, -0.05) is 31.5 Å². The van der Waals surface area contributed by atoms with Crippen LogP contribution in [0.2, 0.25) is 0 Å². The van der Waals surface area contributed by atoms with Crippen molar-refractivity contribution in [2.75, 3.05) is 34.2 Å². The van der Waals surface area contributed by atoms with Gasteiger partial charge in [-0.2, -0.15) is 5.10 Å². The molecule has 1 aromatic carbocycles. The Bertz CT molecular complexity index is 738. The number of para-hydroxylation sites is 1. The molecule has 0 aliphatic rings. The number of nitrogens with one attached hydrogen (secondary N) is 1. The number of carbonyl (C=O) groups is 1. The van der Waals surface area contributed by atoms with Gasteiger partial charge < -0.3 is 15.1 Å². The number of likely N-dealkylation sites (N-methyl/N-ethyl adjacent to an activating group) is 1. The van der Waals surface area contributed by atoms with Crippen LogP contribution in [0.15, 0.2) is 47.7 Å². The second kappa shape index (κ2) is 10.4. The summed E-state index contributed by atoms with van der Waals surface area (Å²) in [6.07, 6.45) is 6.03. The summed E-state index contributed by atoms with van der Waals surface area (Å²) in [6.45, 7) is 3.77. The number of amides is 1. The third-order valence-electron chi connectivity index (χ3n) is 4.11. The number of unbranched alkanes of at least 4 members (excludes halogenated alkanes) is 1. The first-order valence-electron chi connectivity index (χ1n) is 9.29. The second-order valence-corrected chi connectivity index (χ2v) is 6.69. The lowest BCUT2D eigenvalue weighted by Gasteiger charge is -2.22. The molecule has 7 nitrogen and oxygen atoms in total. The fourth-order valence-corrected chi connectivity index (χ4v) is 2.48. The van der Waals surface area contributed by atoms with E-state index in [0.29, 0.717) is 6.54 Å². The van der Waals surface area contributed by atoms with Gasteiger partial charge in [0.25, 0.3) is 0 Å². The number of hydrogen-bond donors (Lipinski definition) is 1. The predicted octanol–water partition coefficient (Wildman–Crippen LogP) is 2.14. The zero-order chi connectivity index (χ0) is 19.6. The summed E-state index contributed by atoms with van der Waals surface area (Å²) >= 11 is 0. The SMILES string of the molecule is CCCCNC(=NCC(=O)N(C)C)N(C)Cc1cnn(-c2ccccc2)c1. The largest absolute Gasteiger partial charge is 0.356 e. The van der Waals surface area contributed by atoms with Crippen molar-refractivity contribution >= 4 is 11.9 Å². The van der Waals surface area contributed by atoms with Gasteiger partial charge in [-0.25, -0.2) is 9.67 Å². The van der Waals surface area contributed by atoms with Crippen LogP contribution >= 0.6 is 0 Å². The molecule has 1 amide bonds. The van der Waals surface area contributed by atoms with Crippen LogP contribution in [0.4, 0.5) is 0 Å². The molecule has 1 N–H and O–H groups in total. The molecule has 0 unspecified atom stereocenters. The molecular formula is C20H30N6O. The molecule has 0 spiro atoms. The van der Waals surface area contributed by atoms with Crippen LogP contribution in [0.25, 0.3) is 5.69 Å². The van der Waals surface area contributed by atoms with Crippen molar-refractivity contribution in [2.24, 2.45) is 4.99 Å². The van der Waals surface area contributed by atoms with E-state index < -0.39 is 0 Å². The van der Waals surface area contributed by atoms with Crippen LogP contribution in [0.3, 0.4) is 0 Å². The molecule has 0 aliphatic carbocycles. The van der Waals surface area contributed by atoms with Gasteiger partial charge >= 0.3 is 0 Å². The summed E-state index contributed by atoms with van der Waals surface area (Å²) in [5.41, 5.74) is 2.10. The van der Waals surface area contributed by atoms with Crippen LogP contribution in [0.1, 0.15) is 25.3 Å². The number of benzene rings is 1. The minimum Gasteiger partial charge on any atom is -0.356 e. The third-order valence-corrected chi connectivity index (χ3v) is 4.11. The van der Waals surface area contributed by atoms with Crippen molar-refractivity contribution in [3.63, 3.8) is 0 Å². The predicted molar refractivity (Wildman–Crippen MR) is 109 cm³/mol. The van der Waals surface area contributed by atoms with Gasteiger partial charge in [0, 0.05) is 46.0 Å². The highest BCUT2D eigenvalue weighted by molar-refractivity contribution is 5.84. The van der Waals surface area contributed by atoms with E-state index >= 15 is 0 Å². The van der Waals surface area contributed by atoms with Crippen LogP contribution in [0, 0.1) is 0 Å². The molecule has 7 heteroatoms. The zero-order valence-electron chi connectivity index (χ0n) is 16.7. The summed E-state index contributed by atoms with van der Waals surface area (Å²) in [5, 5.41) is 7.79. The van der Waals surface area contributed by atoms with E-state index in [1.165, 1.54) is 0 Å². The Balaban J connectivity index is 2.05. The number of hydrogen-bond acceptors (Lipinski definition) is 3. The van der Waals surface area contributed by atoms with Crippen LogP contribution in [-0.2, 0) is 11.3 Å². The molecule has 27 heavy (non-hydrogen) atoms. The van der Waals surface area contributed by atoms with E-state index in [0.717, 1.165) is 36.6 Å². The van der Waals surface area contributed by atoms with E-state index in [1.807, 2.05) is 59.4 Å². The lowest BCUT2D eigenvalue weighted by atomic mass is 10.3. The van der Waals surface area contributed by atoms with Crippen molar-refractivity contribution < 1.29 is 4.79 Å². The van der Waals surface area contributed by atoms with E-state index in [4.69, 9.17) is 0 Å². The fourth-order valence-electron chi connectivity index (χ4n) is 2.48. The Morgan fingerprint density at radius 3 is 2.63 bits per heavy atom. The average molecular weight is 371 g/mol. The highest BCUT2D eigenvalue weighted by atomic mass is 16.2. The maximum Gasteiger partial charge on any atom is 0.243 e. The standard InChI is InChI=1S/C20H30N6O/c1-5-6-12-21-20(22-14-19(27)24(2)3)25(4)15-17-13-23-26(16-17)18-10-8-7-9-11-18/h7-11,13,16H,5-6,12,14-15H2,1-4H3,(H,21,22). The van der Waals surface area contributed by atoms with E-state index in [2.05, 4.69) is 22.3 Å². The fraction of sp³-hybridized carbons (Fsp3) is 0.450. The third kappa shape index (κ3) is 6.44. The molecule has 0 saturated carbocycles. The van der Waals surface area contributed by atoms with Gasteiger partial charge in [0.05, 0.1) is 11.9 Å². The lowest BCUT2D eigenvalue weighted by molar-refractivity contribution is -0.127. The number of carbonyl (C=O) groups excluding carboxylic acids is 1. The minimum atomic E-state index is -0.0184. The first kappa shape index (κ1) is 20.5. The van der Waals surface area contributed by atoms with Gasteiger partial charge in [0.15, 0.2) is 5.96 Å². The molecule has 0 aliphatic heterocycles. The van der Waals surface area contributed by atoms with Crippen molar-refractivity contribution in [2.45, 2.75) is 26.3 Å². The number of rotatable bonds is 8. The van der Waals surface area contributed by atoms with Gasteiger partial charge in [0.2, 0.25) is 5.91 Å². The molecule has 0 atom stereocenters. The number of guanidine groups is 1. The summed E-state index contributed by atoms with van der Waals surface area (Å²) < 4.78 is 1.86. The van der Waals surface area contributed by atoms with Crippen LogP contribution < -0.4 is 5.32 Å². The van der Waals surface area contributed by atoms with Crippen LogP contribution in [0.5, 0.6) is 0 Å². The maximum absolute atomic E-state index is 11.9. The van der Waals surface area contributed by atoms with Crippen molar-refractivity contribution in [3.05, 3.63) is 48.3 Å². The van der Waals surface area contributed by atoms with Gasteiger partial charge in [-0.05, 0) is 18.6 Å². The van der Waals surface area contributed by atoms with Crippen molar-refractivity contribution in [1.82, 2.24) is 24.9 Å². The Hall–Kier alpha value is -2.83. The Morgan fingerprint density at radius 2 is 1.96 bits per heavy atom. The summed E-state index contributed by atoms with van der Waals surface area (Å²) in [5.74, 6) is 0.709. The highest BCUT2D eigenvalue weighted by Gasteiger charge is 2.11. The van der Waals surface area contributed by atoms with Crippen LogP contribution in [-0.4, -0.2) is 65.7 Å². The van der Waals surface area contributed by atoms with Gasteiger partial charge in [0.1, 0.15) is 6.54 Å². The molecule has 1 heterocycles. The summed E-state index contributed by atoms with van der Waals surface area (Å²) in [7, 11) is 5.45. The molecule has 0 fully saturated rings. The highest BCUT2D eigenvalue weighted by Crippen LogP contribution is 2.09. The van der Waals surface area contributed by atoms with E-state index in [9.17, 15) is 4.79 Å². The van der Waals surface area contributed by atoms with Crippen molar-refractivity contribution in [1.29, 1.82) is 0 Å². The maximum atomic E-state index is 11.9. The molecule has 146 valence electrons. The number of aromatic nitrogens is 2. The molecule has 0 saturated heterocycles. The van der Waals surface area contributed by atoms with Crippen molar-refractivity contribution in [3.8, 4) is 5.69 Å². The Morgan fingerprint density at radius 1 is 1.22 bits per heavy atom.